The van der Waals surface area contributed by atoms with Gasteiger partial charge in [0, 0.05) is 38.0 Å². The number of anilines is 1. The second kappa shape index (κ2) is 10.9. The minimum Gasteiger partial charge on any atom is -0.379 e. The van der Waals surface area contributed by atoms with Gasteiger partial charge in [-0.1, -0.05) is 44.2 Å². The first-order chi connectivity index (χ1) is 16.0. The number of carbonyl (C=O) groups excluding carboxylic acids is 1. The van der Waals surface area contributed by atoms with E-state index in [1.807, 2.05) is 24.3 Å². The summed E-state index contributed by atoms with van der Waals surface area (Å²) in [5, 5.41) is 0.568. The SMILES string of the molecule is CC(C)(C)c1ccc(C(=O)N(CCN2CCOCC2)c2nc3ccc(S(C)(=O)=O)cc3s2)cc1.Cl. The van der Waals surface area contributed by atoms with Crippen molar-refractivity contribution in [1.82, 2.24) is 9.88 Å². The summed E-state index contributed by atoms with van der Waals surface area (Å²) in [6.07, 6.45) is 1.19. The fraction of sp³-hybridized carbons (Fsp3) is 0.440. The number of carbonyl (C=O) groups is 1. The number of morpholine rings is 1. The van der Waals surface area contributed by atoms with Crippen molar-refractivity contribution in [2.24, 2.45) is 0 Å². The molecule has 35 heavy (non-hydrogen) atoms. The first-order valence-electron chi connectivity index (χ1n) is 11.4. The van der Waals surface area contributed by atoms with E-state index in [1.54, 1.807) is 23.1 Å². The molecule has 190 valence electrons. The van der Waals surface area contributed by atoms with Crippen LogP contribution in [0.1, 0.15) is 36.7 Å². The predicted octanol–water partition coefficient (Wildman–Crippen LogP) is 4.40. The summed E-state index contributed by atoms with van der Waals surface area (Å²) in [5.41, 5.74) is 2.45. The van der Waals surface area contributed by atoms with Crippen molar-refractivity contribution in [1.29, 1.82) is 0 Å². The molecule has 4 rings (SSSR count). The Kier molecular flexibility index (Phi) is 8.60. The van der Waals surface area contributed by atoms with Crippen LogP contribution in [0.4, 0.5) is 5.13 Å². The number of hydrogen-bond donors (Lipinski definition) is 0. The number of thiazole rings is 1. The van der Waals surface area contributed by atoms with E-state index >= 15 is 0 Å². The zero-order chi connectivity index (χ0) is 24.5. The minimum atomic E-state index is -3.33. The maximum absolute atomic E-state index is 13.6. The summed E-state index contributed by atoms with van der Waals surface area (Å²) < 4.78 is 30.2. The maximum Gasteiger partial charge on any atom is 0.260 e. The van der Waals surface area contributed by atoms with E-state index in [0.717, 1.165) is 23.4 Å². The van der Waals surface area contributed by atoms with Crippen LogP contribution in [0.2, 0.25) is 0 Å². The molecule has 1 aliphatic heterocycles. The van der Waals surface area contributed by atoms with Crippen LogP contribution in [-0.2, 0) is 20.0 Å². The van der Waals surface area contributed by atoms with Crippen LogP contribution >= 0.6 is 23.7 Å². The molecule has 0 unspecified atom stereocenters. The highest BCUT2D eigenvalue weighted by atomic mass is 35.5. The first kappa shape index (κ1) is 27.5. The van der Waals surface area contributed by atoms with Crippen LogP contribution in [0, 0.1) is 0 Å². The van der Waals surface area contributed by atoms with E-state index in [1.165, 1.54) is 17.6 Å². The van der Waals surface area contributed by atoms with E-state index in [2.05, 4.69) is 30.7 Å². The third-order valence-corrected chi connectivity index (χ3v) is 8.15. The van der Waals surface area contributed by atoms with Crippen molar-refractivity contribution in [3.8, 4) is 0 Å². The molecule has 1 aromatic heterocycles. The van der Waals surface area contributed by atoms with Crippen LogP contribution in [0.3, 0.4) is 0 Å². The lowest BCUT2D eigenvalue weighted by Crippen LogP contribution is -2.43. The molecule has 0 bridgehead atoms. The number of rotatable bonds is 6. The van der Waals surface area contributed by atoms with Crippen LogP contribution in [-0.4, -0.2) is 69.9 Å². The number of halogens is 1. The van der Waals surface area contributed by atoms with Crippen LogP contribution in [0.25, 0.3) is 10.2 Å². The molecule has 0 aliphatic carbocycles. The minimum absolute atomic E-state index is 0. The molecule has 0 saturated carbocycles. The van der Waals surface area contributed by atoms with Gasteiger partial charge in [0.15, 0.2) is 15.0 Å². The average molecular weight is 538 g/mol. The number of sulfone groups is 1. The number of amides is 1. The molecule has 10 heteroatoms. The molecule has 1 saturated heterocycles. The van der Waals surface area contributed by atoms with Gasteiger partial charge in [-0.25, -0.2) is 13.4 Å². The van der Waals surface area contributed by atoms with Gasteiger partial charge in [-0.2, -0.15) is 0 Å². The second-order valence-corrected chi connectivity index (χ2v) is 12.7. The van der Waals surface area contributed by atoms with E-state index in [4.69, 9.17) is 4.74 Å². The Morgan fingerprint density at radius 2 is 1.77 bits per heavy atom. The standard InChI is InChI=1S/C25H31N3O4S2.ClH/c1-25(2,3)19-7-5-18(6-8-19)23(29)28(12-11-27-13-15-32-16-14-27)24-26-21-10-9-20(34(4,30)31)17-22(21)33-24;/h5-10,17H,11-16H2,1-4H3;1H. The van der Waals surface area contributed by atoms with Gasteiger partial charge >= 0.3 is 0 Å². The van der Waals surface area contributed by atoms with E-state index in [0.29, 0.717) is 42.5 Å². The van der Waals surface area contributed by atoms with Crippen LogP contribution < -0.4 is 4.90 Å². The molecular weight excluding hydrogens is 506 g/mol. The zero-order valence-corrected chi connectivity index (χ0v) is 22.9. The lowest BCUT2D eigenvalue weighted by molar-refractivity contribution is 0.0391. The maximum atomic E-state index is 13.6. The topological polar surface area (TPSA) is 79.8 Å². The lowest BCUT2D eigenvalue weighted by atomic mass is 9.86. The van der Waals surface area contributed by atoms with E-state index in [-0.39, 0.29) is 28.6 Å². The molecule has 2 aromatic carbocycles. The Hall–Kier alpha value is -2.04. The largest absolute Gasteiger partial charge is 0.379 e. The van der Waals surface area contributed by atoms with E-state index in [9.17, 15) is 13.2 Å². The van der Waals surface area contributed by atoms with Crippen molar-refractivity contribution >= 4 is 54.8 Å². The summed E-state index contributed by atoms with van der Waals surface area (Å²) in [4.78, 5) is 22.6. The second-order valence-electron chi connectivity index (χ2n) is 9.64. The molecule has 0 N–H and O–H groups in total. The van der Waals surface area contributed by atoms with Crippen molar-refractivity contribution in [3.05, 3.63) is 53.6 Å². The highest BCUT2D eigenvalue weighted by Crippen LogP contribution is 2.32. The Bertz CT molecular complexity index is 1280. The lowest BCUT2D eigenvalue weighted by Gasteiger charge is -2.29. The van der Waals surface area contributed by atoms with Gasteiger partial charge in [-0.15, -0.1) is 12.4 Å². The van der Waals surface area contributed by atoms with Gasteiger partial charge in [-0.05, 0) is 41.3 Å². The Balaban J connectivity index is 0.00000342. The Morgan fingerprint density at radius 1 is 1.11 bits per heavy atom. The zero-order valence-electron chi connectivity index (χ0n) is 20.5. The summed E-state index contributed by atoms with van der Waals surface area (Å²) in [7, 11) is -3.33. The molecule has 1 amide bonds. The van der Waals surface area contributed by atoms with Crippen molar-refractivity contribution in [2.45, 2.75) is 31.1 Å². The quantitative estimate of drug-likeness (QED) is 0.464. The van der Waals surface area contributed by atoms with Gasteiger partial charge in [0.1, 0.15) is 0 Å². The molecule has 0 radical (unpaired) electrons. The van der Waals surface area contributed by atoms with Gasteiger partial charge in [0.2, 0.25) is 0 Å². The Morgan fingerprint density at radius 3 is 2.37 bits per heavy atom. The van der Waals surface area contributed by atoms with Crippen LogP contribution in [0.15, 0.2) is 47.4 Å². The molecule has 2 heterocycles. The van der Waals surface area contributed by atoms with Gasteiger partial charge in [0.25, 0.3) is 5.91 Å². The number of benzene rings is 2. The number of fused-ring (bicyclic) bond motifs is 1. The molecule has 3 aromatic rings. The fourth-order valence-corrected chi connectivity index (χ4v) is 5.61. The molecule has 7 nitrogen and oxygen atoms in total. The third-order valence-electron chi connectivity index (χ3n) is 5.99. The van der Waals surface area contributed by atoms with Crippen molar-refractivity contribution in [2.75, 3.05) is 50.5 Å². The normalized spacial score (nSPS) is 15.1. The van der Waals surface area contributed by atoms with Gasteiger partial charge in [0.05, 0.1) is 28.3 Å². The molecule has 0 atom stereocenters. The molecule has 0 spiro atoms. The Labute approximate surface area is 217 Å². The molecular formula is C25H32ClN3O4S2. The first-order valence-corrected chi connectivity index (χ1v) is 14.1. The summed E-state index contributed by atoms with van der Waals surface area (Å²) in [5.74, 6) is -0.115. The fourth-order valence-electron chi connectivity index (χ4n) is 3.86. The third kappa shape index (κ3) is 6.59. The summed E-state index contributed by atoms with van der Waals surface area (Å²) >= 11 is 1.34. The monoisotopic (exact) mass is 537 g/mol. The van der Waals surface area contributed by atoms with Gasteiger partial charge < -0.3 is 4.74 Å². The van der Waals surface area contributed by atoms with Crippen molar-refractivity contribution in [3.63, 3.8) is 0 Å². The summed E-state index contributed by atoms with van der Waals surface area (Å²) in [6, 6.07) is 12.7. The van der Waals surface area contributed by atoms with Gasteiger partial charge in [-0.3, -0.25) is 14.6 Å². The highest BCUT2D eigenvalue weighted by molar-refractivity contribution is 7.90. The average Bonchev–Trinajstić information content (AvgIpc) is 3.22. The smallest absolute Gasteiger partial charge is 0.260 e. The van der Waals surface area contributed by atoms with E-state index < -0.39 is 9.84 Å². The van der Waals surface area contributed by atoms with Crippen molar-refractivity contribution < 1.29 is 17.9 Å². The highest BCUT2D eigenvalue weighted by Gasteiger charge is 2.24. The molecule has 1 fully saturated rings. The van der Waals surface area contributed by atoms with Crippen LogP contribution in [0.5, 0.6) is 0 Å². The predicted molar refractivity (Wildman–Crippen MR) is 144 cm³/mol. The number of hydrogen-bond acceptors (Lipinski definition) is 7. The number of aromatic nitrogens is 1. The number of ether oxygens (including phenoxy) is 1. The molecule has 1 aliphatic rings. The summed E-state index contributed by atoms with van der Waals surface area (Å²) in [6.45, 7) is 10.7. The number of nitrogens with zero attached hydrogens (tertiary/aromatic N) is 3.